The van der Waals surface area contributed by atoms with Crippen LogP contribution in [0.25, 0.3) is 0 Å². The predicted molar refractivity (Wildman–Crippen MR) is 59.7 cm³/mol. The van der Waals surface area contributed by atoms with Gasteiger partial charge in [0.1, 0.15) is 5.78 Å². The summed E-state index contributed by atoms with van der Waals surface area (Å²) < 4.78 is 5.88. The number of unbranched alkanes of at least 4 members (excludes halogenated alkanes) is 1. The molecule has 0 aromatic rings. The molecule has 2 rings (SSSR count). The standard InChI is InChI=1S/C13H22O2/c1-3-4-7-11(14)13-9(2)15-12-8-5-6-10(12)13/h9-10,12-13H,3-8H2,1-2H3/t9-,10-,12+,13+/m0/s1. The lowest BCUT2D eigenvalue weighted by Gasteiger charge is -2.17. The summed E-state index contributed by atoms with van der Waals surface area (Å²) >= 11 is 0. The number of fused-ring (bicyclic) bond motifs is 1. The number of carbonyl (C=O) groups excluding carboxylic acids is 1. The van der Waals surface area contributed by atoms with Crippen LogP contribution in [0, 0.1) is 11.8 Å². The first-order chi connectivity index (χ1) is 7.24. The molecular weight excluding hydrogens is 188 g/mol. The van der Waals surface area contributed by atoms with Crippen molar-refractivity contribution in [2.24, 2.45) is 11.8 Å². The zero-order valence-corrected chi connectivity index (χ0v) is 9.87. The van der Waals surface area contributed by atoms with Gasteiger partial charge in [-0.05, 0) is 32.1 Å². The second-order valence-electron chi connectivity index (χ2n) is 5.07. The third-order valence-electron chi connectivity index (χ3n) is 4.01. The zero-order chi connectivity index (χ0) is 10.8. The van der Waals surface area contributed by atoms with Gasteiger partial charge in [0.05, 0.1) is 12.2 Å². The largest absolute Gasteiger partial charge is 0.374 e. The molecule has 2 heteroatoms. The monoisotopic (exact) mass is 210 g/mol. The number of Topliss-reactive ketones (excluding diaryl/α,β-unsaturated/α-hetero) is 1. The number of carbonyl (C=O) groups is 1. The fourth-order valence-corrected chi connectivity index (χ4v) is 3.26. The van der Waals surface area contributed by atoms with Crippen LogP contribution in [0.3, 0.4) is 0 Å². The van der Waals surface area contributed by atoms with E-state index >= 15 is 0 Å². The van der Waals surface area contributed by atoms with Crippen LogP contribution in [-0.4, -0.2) is 18.0 Å². The van der Waals surface area contributed by atoms with Crippen molar-refractivity contribution < 1.29 is 9.53 Å². The second kappa shape index (κ2) is 4.65. The Morgan fingerprint density at radius 3 is 2.93 bits per heavy atom. The van der Waals surface area contributed by atoms with Crippen molar-refractivity contribution >= 4 is 5.78 Å². The third kappa shape index (κ3) is 2.10. The summed E-state index contributed by atoms with van der Waals surface area (Å²) in [6.07, 6.45) is 7.11. The second-order valence-corrected chi connectivity index (χ2v) is 5.07. The van der Waals surface area contributed by atoms with E-state index in [1.165, 1.54) is 19.3 Å². The summed E-state index contributed by atoms with van der Waals surface area (Å²) in [5, 5.41) is 0. The Kier molecular flexibility index (Phi) is 3.45. The first-order valence-corrected chi connectivity index (χ1v) is 6.42. The molecule has 0 unspecified atom stereocenters. The van der Waals surface area contributed by atoms with Crippen molar-refractivity contribution in [1.29, 1.82) is 0 Å². The topological polar surface area (TPSA) is 26.3 Å². The molecule has 2 fully saturated rings. The Labute approximate surface area is 92.4 Å². The number of ketones is 1. The lowest BCUT2D eigenvalue weighted by molar-refractivity contribution is -0.125. The minimum Gasteiger partial charge on any atom is -0.374 e. The lowest BCUT2D eigenvalue weighted by Crippen LogP contribution is -2.27. The molecule has 2 aliphatic rings. The SMILES string of the molecule is CCCCC(=O)[C@H]1[C@H]2CCC[C@H]2O[C@H]1C. The van der Waals surface area contributed by atoms with E-state index in [2.05, 4.69) is 13.8 Å². The summed E-state index contributed by atoms with van der Waals surface area (Å²) in [7, 11) is 0. The quantitative estimate of drug-likeness (QED) is 0.713. The van der Waals surface area contributed by atoms with Crippen molar-refractivity contribution in [2.45, 2.75) is 64.6 Å². The zero-order valence-electron chi connectivity index (χ0n) is 9.87. The molecule has 0 aromatic heterocycles. The summed E-state index contributed by atoms with van der Waals surface area (Å²) in [5.74, 6) is 1.21. The number of ether oxygens (including phenoxy) is 1. The highest BCUT2D eigenvalue weighted by molar-refractivity contribution is 5.82. The molecule has 4 atom stereocenters. The van der Waals surface area contributed by atoms with Gasteiger partial charge in [0.15, 0.2) is 0 Å². The van der Waals surface area contributed by atoms with E-state index in [9.17, 15) is 4.79 Å². The van der Waals surface area contributed by atoms with Crippen LogP contribution in [0.15, 0.2) is 0 Å². The Morgan fingerprint density at radius 2 is 2.20 bits per heavy atom. The van der Waals surface area contributed by atoms with E-state index < -0.39 is 0 Å². The summed E-state index contributed by atoms with van der Waals surface area (Å²) in [6.45, 7) is 4.22. The van der Waals surface area contributed by atoms with Gasteiger partial charge in [-0.1, -0.05) is 19.8 Å². The van der Waals surface area contributed by atoms with Crippen molar-refractivity contribution in [3.05, 3.63) is 0 Å². The molecule has 1 aliphatic carbocycles. The van der Waals surface area contributed by atoms with Gasteiger partial charge < -0.3 is 4.74 Å². The van der Waals surface area contributed by atoms with Crippen molar-refractivity contribution in [3.63, 3.8) is 0 Å². The minimum atomic E-state index is 0.171. The third-order valence-corrected chi connectivity index (χ3v) is 4.01. The van der Waals surface area contributed by atoms with Crippen LogP contribution in [0.5, 0.6) is 0 Å². The Balaban J connectivity index is 1.97. The lowest BCUT2D eigenvalue weighted by atomic mass is 9.83. The predicted octanol–water partition coefficient (Wildman–Crippen LogP) is 2.95. The van der Waals surface area contributed by atoms with Gasteiger partial charge in [0.25, 0.3) is 0 Å². The molecule has 86 valence electrons. The van der Waals surface area contributed by atoms with Crippen molar-refractivity contribution in [3.8, 4) is 0 Å². The van der Waals surface area contributed by atoms with E-state index in [-0.39, 0.29) is 12.0 Å². The van der Waals surface area contributed by atoms with E-state index in [1.807, 2.05) is 0 Å². The molecule has 0 radical (unpaired) electrons. The Bertz CT molecular complexity index is 237. The molecule has 2 nitrogen and oxygen atoms in total. The van der Waals surface area contributed by atoms with Crippen molar-refractivity contribution in [1.82, 2.24) is 0 Å². The molecule has 15 heavy (non-hydrogen) atoms. The maximum atomic E-state index is 12.1. The van der Waals surface area contributed by atoms with Crippen LogP contribution in [-0.2, 0) is 9.53 Å². The molecule has 1 heterocycles. The molecule has 1 aliphatic heterocycles. The van der Waals surface area contributed by atoms with Crippen LogP contribution in [0.2, 0.25) is 0 Å². The van der Waals surface area contributed by atoms with E-state index in [4.69, 9.17) is 4.74 Å². The number of hydrogen-bond donors (Lipinski definition) is 0. The summed E-state index contributed by atoms with van der Waals surface area (Å²) in [5.41, 5.74) is 0. The van der Waals surface area contributed by atoms with Gasteiger partial charge in [-0.15, -0.1) is 0 Å². The molecule has 1 saturated heterocycles. The highest BCUT2D eigenvalue weighted by Crippen LogP contribution is 2.43. The Hall–Kier alpha value is -0.370. The Morgan fingerprint density at radius 1 is 1.40 bits per heavy atom. The fraction of sp³-hybridized carbons (Fsp3) is 0.923. The first kappa shape index (κ1) is 11.1. The smallest absolute Gasteiger partial charge is 0.138 e. The average molecular weight is 210 g/mol. The summed E-state index contributed by atoms with van der Waals surface area (Å²) in [4.78, 5) is 12.1. The maximum absolute atomic E-state index is 12.1. The van der Waals surface area contributed by atoms with Gasteiger partial charge in [-0.3, -0.25) is 4.79 Å². The van der Waals surface area contributed by atoms with Gasteiger partial charge in [-0.25, -0.2) is 0 Å². The maximum Gasteiger partial charge on any atom is 0.138 e. The van der Waals surface area contributed by atoms with Crippen molar-refractivity contribution in [2.75, 3.05) is 0 Å². The highest BCUT2D eigenvalue weighted by Gasteiger charge is 2.47. The average Bonchev–Trinajstić information content (AvgIpc) is 2.73. The molecular formula is C13H22O2. The van der Waals surface area contributed by atoms with Gasteiger partial charge >= 0.3 is 0 Å². The van der Waals surface area contributed by atoms with Crippen LogP contribution >= 0.6 is 0 Å². The van der Waals surface area contributed by atoms with Crippen LogP contribution in [0.4, 0.5) is 0 Å². The molecule has 0 amide bonds. The molecule has 0 aromatic carbocycles. The van der Waals surface area contributed by atoms with E-state index in [0.29, 0.717) is 17.8 Å². The first-order valence-electron chi connectivity index (χ1n) is 6.42. The van der Waals surface area contributed by atoms with E-state index in [0.717, 1.165) is 19.3 Å². The van der Waals surface area contributed by atoms with Gasteiger partial charge in [-0.2, -0.15) is 0 Å². The molecule has 0 bridgehead atoms. The van der Waals surface area contributed by atoms with Gasteiger partial charge in [0.2, 0.25) is 0 Å². The summed E-state index contributed by atoms with van der Waals surface area (Å²) in [6, 6.07) is 0. The fourth-order valence-electron chi connectivity index (χ4n) is 3.26. The molecule has 1 saturated carbocycles. The van der Waals surface area contributed by atoms with E-state index in [1.54, 1.807) is 0 Å². The normalized spacial score (nSPS) is 39.3. The number of rotatable bonds is 4. The van der Waals surface area contributed by atoms with Gasteiger partial charge in [0, 0.05) is 12.3 Å². The van der Waals surface area contributed by atoms with Crippen LogP contribution in [0.1, 0.15) is 52.4 Å². The minimum absolute atomic E-state index is 0.171. The molecule has 0 spiro atoms. The highest BCUT2D eigenvalue weighted by atomic mass is 16.5. The number of hydrogen-bond acceptors (Lipinski definition) is 2. The van der Waals surface area contributed by atoms with Crippen LogP contribution < -0.4 is 0 Å². The molecule has 0 N–H and O–H groups in total.